The lowest BCUT2D eigenvalue weighted by Crippen LogP contribution is -2.27. The molecule has 0 heterocycles. The van der Waals surface area contributed by atoms with Gasteiger partial charge in [-0.05, 0) is 37.0 Å². The van der Waals surface area contributed by atoms with Crippen molar-refractivity contribution in [2.24, 2.45) is 5.92 Å². The van der Waals surface area contributed by atoms with Crippen LogP contribution in [0.4, 0.5) is 11.4 Å². The predicted octanol–water partition coefficient (Wildman–Crippen LogP) is 1.38. The molecule has 0 aliphatic heterocycles. The highest BCUT2D eigenvalue weighted by molar-refractivity contribution is 5.96. The van der Waals surface area contributed by atoms with Gasteiger partial charge >= 0.3 is 5.97 Å². The minimum atomic E-state index is -0.250. The second kappa shape index (κ2) is 6.47. The van der Waals surface area contributed by atoms with E-state index in [1.54, 1.807) is 25.2 Å². The lowest BCUT2D eigenvalue weighted by molar-refractivity contribution is -0.141. The van der Waals surface area contributed by atoms with Gasteiger partial charge in [-0.15, -0.1) is 0 Å². The first-order valence-corrected chi connectivity index (χ1v) is 7.00. The van der Waals surface area contributed by atoms with Crippen LogP contribution in [0.3, 0.4) is 0 Å². The largest absolute Gasteiger partial charge is 0.469 e. The average molecular weight is 291 g/mol. The molecule has 21 heavy (non-hydrogen) atoms. The Labute approximate surface area is 124 Å². The first-order chi connectivity index (χ1) is 10.0. The average Bonchev–Trinajstić information content (AvgIpc) is 3.32. The third-order valence-electron chi connectivity index (χ3n) is 3.69. The van der Waals surface area contributed by atoms with Crippen molar-refractivity contribution in [1.82, 2.24) is 5.32 Å². The summed E-state index contributed by atoms with van der Waals surface area (Å²) in [6, 6.07) is 5.06. The second-order valence-corrected chi connectivity index (χ2v) is 5.25. The minimum Gasteiger partial charge on any atom is -0.469 e. The zero-order chi connectivity index (χ0) is 15.4. The van der Waals surface area contributed by atoms with E-state index in [1.807, 2.05) is 0 Å². The van der Waals surface area contributed by atoms with Crippen LogP contribution in [0, 0.1) is 5.92 Å². The van der Waals surface area contributed by atoms with E-state index in [0.717, 1.165) is 12.8 Å². The highest BCUT2D eigenvalue weighted by Crippen LogP contribution is 2.36. The Balaban J connectivity index is 2.15. The molecule has 0 saturated heterocycles. The normalized spacial score (nSPS) is 15.1. The Kier molecular flexibility index (Phi) is 4.67. The molecule has 114 valence electrons. The molecule has 1 aromatic carbocycles. The Hall–Kier alpha value is -2.24. The van der Waals surface area contributed by atoms with Crippen LogP contribution in [0.5, 0.6) is 0 Å². The fourth-order valence-corrected chi connectivity index (χ4v) is 2.26. The van der Waals surface area contributed by atoms with E-state index in [0.29, 0.717) is 29.3 Å². The maximum atomic E-state index is 11.7. The molecule has 2 rings (SSSR count). The molecule has 4 N–H and O–H groups in total. The van der Waals surface area contributed by atoms with Crippen molar-refractivity contribution in [3.8, 4) is 0 Å². The number of rotatable bonds is 6. The molecule has 1 aliphatic carbocycles. The number of ether oxygens (including phenoxy) is 1. The molecule has 0 spiro atoms. The summed E-state index contributed by atoms with van der Waals surface area (Å²) in [7, 11) is 2.96. The summed E-state index contributed by atoms with van der Waals surface area (Å²) in [5.74, 6) is 0.0292. The monoisotopic (exact) mass is 291 g/mol. The van der Waals surface area contributed by atoms with Gasteiger partial charge in [-0.2, -0.15) is 0 Å². The van der Waals surface area contributed by atoms with Gasteiger partial charge < -0.3 is 21.1 Å². The van der Waals surface area contributed by atoms with E-state index < -0.39 is 0 Å². The van der Waals surface area contributed by atoms with Crippen LogP contribution in [0.15, 0.2) is 18.2 Å². The maximum absolute atomic E-state index is 11.7. The van der Waals surface area contributed by atoms with Crippen LogP contribution < -0.4 is 16.4 Å². The van der Waals surface area contributed by atoms with Gasteiger partial charge in [-0.25, -0.2) is 0 Å². The Bertz CT molecular complexity index is 541. The molecule has 0 radical (unpaired) electrons. The second-order valence-electron chi connectivity index (χ2n) is 5.25. The van der Waals surface area contributed by atoms with Gasteiger partial charge in [-0.3, -0.25) is 9.59 Å². The minimum absolute atomic E-state index is 0.0142. The van der Waals surface area contributed by atoms with E-state index in [-0.39, 0.29) is 17.9 Å². The first kappa shape index (κ1) is 15.2. The third kappa shape index (κ3) is 3.87. The van der Waals surface area contributed by atoms with Gasteiger partial charge in [0.15, 0.2) is 0 Å². The number of nitrogen functional groups attached to an aromatic ring is 1. The van der Waals surface area contributed by atoms with Crippen molar-refractivity contribution >= 4 is 23.3 Å². The van der Waals surface area contributed by atoms with Crippen molar-refractivity contribution in [3.63, 3.8) is 0 Å². The number of carbonyl (C=O) groups is 2. The van der Waals surface area contributed by atoms with Crippen LogP contribution in [-0.4, -0.2) is 32.1 Å². The van der Waals surface area contributed by atoms with Gasteiger partial charge in [0.25, 0.3) is 5.91 Å². The molecule has 0 bridgehead atoms. The number of nitrogens with two attached hydrogens (primary N) is 1. The Morgan fingerprint density at radius 2 is 2.14 bits per heavy atom. The fraction of sp³-hybridized carbons (Fsp3) is 0.467. The number of anilines is 2. The van der Waals surface area contributed by atoms with Crippen LogP contribution >= 0.6 is 0 Å². The fourth-order valence-electron chi connectivity index (χ4n) is 2.26. The first-order valence-electron chi connectivity index (χ1n) is 7.00. The summed E-state index contributed by atoms with van der Waals surface area (Å²) in [4.78, 5) is 23.2. The zero-order valence-electron chi connectivity index (χ0n) is 12.3. The molecule has 1 atom stereocenters. The van der Waals surface area contributed by atoms with Crippen LogP contribution in [0.25, 0.3) is 0 Å². The summed E-state index contributed by atoms with van der Waals surface area (Å²) >= 11 is 0. The molecule has 0 aromatic heterocycles. The van der Waals surface area contributed by atoms with Crippen LogP contribution in [-0.2, 0) is 9.53 Å². The summed E-state index contributed by atoms with van der Waals surface area (Å²) in [6.07, 6.45) is 2.47. The number of nitrogens with one attached hydrogen (secondary N) is 2. The van der Waals surface area contributed by atoms with Crippen LogP contribution in [0.1, 0.15) is 29.6 Å². The molecule has 1 aromatic rings. The summed E-state index contributed by atoms with van der Waals surface area (Å²) in [5.41, 5.74) is 7.71. The van der Waals surface area contributed by atoms with Gasteiger partial charge in [0.2, 0.25) is 0 Å². The van der Waals surface area contributed by atoms with E-state index in [1.165, 1.54) is 7.11 Å². The molecule has 1 amide bonds. The predicted molar refractivity (Wildman–Crippen MR) is 81.0 cm³/mol. The third-order valence-corrected chi connectivity index (χ3v) is 3.69. The molecule has 1 saturated carbocycles. The lowest BCUT2D eigenvalue weighted by Gasteiger charge is -2.20. The summed E-state index contributed by atoms with van der Waals surface area (Å²) in [6.45, 7) is 0. The molecular formula is C15H21N3O3. The van der Waals surface area contributed by atoms with Crippen LogP contribution in [0.2, 0.25) is 0 Å². The van der Waals surface area contributed by atoms with Crippen molar-refractivity contribution in [2.45, 2.75) is 25.3 Å². The van der Waals surface area contributed by atoms with Crippen molar-refractivity contribution < 1.29 is 14.3 Å². The molecule has 1 aliphatic rings. The summed E-state index contributed by atoms with van der Waals surface area (Å²) < 4.78 is 4.73. The molecular weight excluding hydrogens is 270 g/mol. The van der Waals surface area contributed by atoms with E-state index in [4.69, 9.17) is 10.5 Å². The topological polar surface area (TPSA) is 93.5 Å². The maximum Gasteiger partial charge on any atom is 0.307 e. The van der Waals surface area contributed by atoms with E-state index in [2.05, 4.69) is 10.6 Å². The SMILES string of the molecule is CNC(=O)c1ccc(N)c(NC(CC(=O)OC)C2CC2)c1. The number of hydrogen-bond acceptors (Lipinski definition) is 5. The summed E-state index contributed by atoms with van der Waals surface area (Å²) in [5, 5.41) is 5.86. The van der Waals surface area contributed by atoms with Crippen molar-refractivity contribution in [1.29, 1.82) is 0 Å². The van der Waals surface area contributed by atoms with Crippen molar-refractivity contribution in [3.05, 3.63) is 23.8 Å². The zero-order valence-corrected chi connectivity index (χ0v) is 12.3. The number of carbonyl (C=O) groups excluding carboxylic acids is 2. The van der Waals surface area contributed by atoms with Gasteiger partial charge in [0.1, 0.15) is 0 Å². The number of benzene rings is 1. The Morgan fingerprint density at radius 1 is 1.43 bits per heavy atom. The van der Waals surface area contributed by atoms with Gasteiger partial charge in [0, 0.05) is 18.7 Å². The number of esters is 1. The molecule has 6 nitrogen and oxygen atoms in total. The Morgan fingerprint density at radius 3 is 2.71 bits per heavy atom. The standard InChI is InChI=1S/C15H21N3O3/c1-17-15(20)10-5-6-11(16)13(7-10)18-12(9-3-4-9)8-14(19)21-2/h5-7,9,12,18H,3-4,8,16H2,1-2H3,(H,17,20). The van der Waals surface area contributed by atoms with Gasteiger partial charge in [0.05, 0.1) is 24.9 Å². The highest BCUT2D eigenvalue weighted by Gasteiger charge is 2.33. The molecule has 1 unspecified atom stereocenters. The number of methoxy groups -OCH3 is 1. The van der Waals surface area contributed by atoms with E-state index >= 15 is 0 Å². The smallest absolute Gasteiger partial charge is 0.307 e. The number of amides is 1. The lowest BCUT2D eigenvalue weighted by atomic mass is 10.1. The van der Waals surface area contributed by atoms with Crippen molar-refractivity contribution in [2.75, 3.05) is 25.2 Å². The van der Waals surface area contributed by atoms with Gasteiger partial charge in [-0.1, -0.05) is 0 Å². The number of hydrogen-bond donors (Lipinski definition) is 3. The molecule has 1 fully saturated rings. The quantitative estimate of drug-likeness (QED) is 0.544. The highest BCUT2D eigenvalue weighted by atomic mass is 16.5. The molecule has 6 heteroatoms. The van der Waals surface area contributed by atoms with E-state index in [9.17, 15) is 9.59 Å².